The summed E-state index contributed by atoms with van der Waals surface area (Å²) in [4.78, 5) is 17.8. The molecule has 0 aromatic carbocycles. The highest BCUT2D eigenvalue weighted by atomic mass is 16.5. The van der Waals surface area contributed by atoms with Crippen LogP contribution in [0.3, 0.4) is 0 Å². The molecule has 4 heterocycles. The number of aromatic nitrogens is 3. The summed E-state index contributed by atoms with van der Waals surface area (Å²) >= 11 is 0. The Hall–Kier alpha value is -1.51. The van der Waals surface area contributed by atoms with E-state index in [0.29, 0.717) is 18.0 Å². The molecule has 150 valence electrons. The predicted molar refractivity (Wildman–Crippen MR) is 101 cm³/mol. The molecule has 3 aliphatic rings. The Balaban J connectivity index is 1.35. The van der Waals surface area contributed by atoms with Crippen molar-refractivity contribution in [2.24, 2.45) is 11.7 Å². The van der Waals surface area contributed by atoms with Crippen molar-refractivity contribution in [1.82, 2.24) is 24.6 Å². The molecule has 3 saturated heterocycles. The largest absolute Gasteiger partial charge is 0.381 e. The van der Waals surface area contributed by atoms with Gasteiger partial charge in [0.2, 0.25) is 5.91 Å². The summed E-state index contributed by atoms with van der Waals surface area (Å²) in [7, 11) is 0. The second-order valence-electron chi connectivity index (χ2n) is 8.30. The van der Waals surface area contributed by atoms with Crippen molar-refractivity contribution in [2.45, 2.75) is 56.7 Å². The third-order valence-corrected chi connectivity index (χ3v) is 6.50. The third-order valence-electron chi connectivity index (χ3n) is 6.50. The first kappa shape index (κ1) is 18.8. The number of piperidine rings is 1. The number of ether oxygens (including phenoxy) is 1. The number of rotatable bonds is 3. The Kier molecular flexibility index (Phi) is 6.04. The van der Waals surface area contributed by atoms with Gasteiger partial charge in [0, 0.05) is 57.5 Å². The molecule has 4 rings (SSSR count). The molecule has 27 heavy (non-hydrogen) atoms. The Morgan fingerprint density at radius 2 is 1.63 bits per heavy atom. The number of carbonyl (C=O) groups excluding carboxylic acids is 1. The standard InChI is InChI=1S/C19H32N6O2/c20-16-2-1-15(11-24(12-16)18-5-9-27-10-6-18)19(26)23-7-3-17(4-8-23)25-13-21-22-14-25/h13-18H,1-12,20H2/t15-,16+/m1/s1. The van der Waals surface area contributed by atoms with Gasteiger partial charge in [-0.05, 0) is 38.5 Å². The van der Waals surface area contributed by atoms with E-state index in [1.807, 2.05) is 0 Å². The van der Waals surface area contributed by atoms with Crippen molar-refractivity contribution < 1.29 is 9.53 Å². The van der Waals surface area contributed by atoms with Crippen molar-refractivity contribution in [3.63, 3.8) is 0 Å². The van der Waals surface area contributed by atoms with Gasteiger partial charge in [-0.1, -0.05) is 0 Å². The van der Waals surface area contributed by atoms with Crippen LogP contribution in [0.4, 0.5) is 0 Å². The lowest BCUT2D eigenvalue weighted by Gasteiger charge is -2.37. The van der Waals surface area contributed by atoms with Crippen LogP contribution in [0, 0.1) is 5.92 Å². The Labute approximate surface area is 161 Å². The molecule has 8 nitrogen and oxygen atoms in total. The van der Waals surface area contributed by atoms with E-state index in [-0.39, 0.29) is 12.0 Å². The molecule has 2 N–H and O–H groups in total. The molecule has 0 saturated carbocycles. The maximum absolute atomic E-state index is 13.2. The molecule has 3 fully saturated rings. The number of likely N-dealkylation sites (tertiary alicyclic amines) is 2. The maximum Gasteiger partial charge on any atom is 0.226 e. The SMILES string of the molecule is N[C@H]1CC[C@@H](C(=O)N2CCC(n3cnnc3)CC2)CN(C2CCOCC2)C1. The van der Waals surface area contributed by atoms with Crippen LogP contribution in [0.2, 0.25) is 0 Å². The number of carbonyl (C=O) groups is 1. The third kappa shape index (κ3) is 4.50. The van der Waals surface area contributed by atoms with Gasteiger partial charge in [-0.3, -0.25) is 9.69 Å². The second-order valence-corrected chi connectivity index (χ2v) is 8.30. The minimum atomic E-state index is 0.0767. The average molecular weight is 377 g/mol. The first-order valence-corrected chi connectivity index (χ1v) is 10.4. The predicted octanol–water partition coefficient (Wildman–Crippen LogP) is 0.660. The van der Waals surface area contributed by atoms with Gasteiger partial charge in [0.15, 0.2) is 0 Å². The molecule has 1 aromatic heterocycles. The van der Waals surface area contributed by atoms with Crippen LogP contribution in [-0.2, 0) is 9.53 Å². The van der Waals surface area contributed by atoms with Crippen LogP contribution in [-0.4, -0.2) is 81.9 Å². The van der Waals surface area contributed by atoms with Crippen LogP contribution in [0.5, 0.6) is 0 Å². The summed E-state index contributed by atoms with van der Waals surface area (Å²) in [5.74, 6) is 0.399. The van der Waals surface area contributed by atoms with E-state index in [1.165, 1.54) is 0 Å². The number of nitrogens with zero attached hydrogens (tertiary/aromatic N) is 5. The molecular formula is C19H32N6O2. The zero-order chi connectivity index (χ0) is 18.6. The number of hydrogen-bond acceptors (Lipinski definition) is 6. The molecule has 2 atom stereocenters. The lowest BCUT2D eigenvalue weighted by Crippen LogP contribution is -2.48. The van der Waals surface area contributed by atoms with Gasteiger partial charge in [-0.25, -0.2) is 0 Å². The van der Waals surface area contributed by atoms with E-state index in [1.54, 1.807) is 12.7 Å². The smallest absolute Gasteiger partial charge is 0.226 e. The van der Waals surface area contributed by atoms with Crippen molar-refractivity contribution >= 4 is 5.91 Å². The minimum absolute atomic E-state index is 0.0767. The van der Waals surface area contributed by atoms with Crippen molar-refractivity contribution in [2.75, 3.05) is 39.4 Å². The summed E-state index contributed by atoms with van der Waals surface area (Å²) in [6, 6.07) is 1.09. The molecule has 1 aromatic rings. The van der Waals surface area contributed by atoms with Crippen molar-refractivity contribution in [3.05, 3.63) is 12.7 Å². The number of nitrogens with two attached hydrogens (primary N) is 1. The van der Waals surface area contributed by atoms with Crippen LogP contribution in [0.15, 0.2) is 12.7 Å². The fraction of sp³-hybridized carbons (Fsp3) is 0.842. The van der Waals surface area contributed by atoms with Gasteiger partial charge in [-0.15, -0.1) is 10.2 Å². The second kappa shape index (κ2) is 8.67. The van der Waals surface area contributed by atoms with Crippen molar-refractivity contribution in [1.29, 1.82) is 0 Å². The highest BCUT2D eigenvalue weighted by Gasteiger charge is 2.34. The zero-order valence-electron chi connectivity index (χ0n) is 16.1. The number of amides is 1. The van der Waals surface area contributed by atoms with E-state index in [2.05, 4.69) is 24.6 Å². The van der Waals surface area contributed by atoms with Crippen LogP contribution in [0.25, 0.3) is 0 Å². The monoisotopic (exact) mass is 376 g/mol. The number of hydrogen-bond donors (Lipinski definition) is 1. The molecule has 0 unspecified atom stereocenters. The summed E-state index contributed by atoms with van der Waals surface area (Å²) in [6.45, 7) is 5.05. The van der Waals surface area contributed by atoms with Crippen molar-refractivity contribution in [3.8, 4) is 0 Å². The van der Waals surface area contributed by atoms with Crippen LogP contribution >= 0.6 is 0 Å². The lowest BCUT2D eigenvalue weighted by molar-refractivity contribution is -0.137. The van der Waals surface area contributed by atoms with Gasteiger partial charge in [0.1, 0.15) is 12.7 Å². The molecule has 0 spiro atoms. The van der Waals surface area contributed by atoms with Gasteiger partial charge in [0.25, 0.3) is 0 Å². The quantitative estimate of drug-likeness (QED) is 0.834. The molecule has 8 heteroatoms. The Bertz CT molecular complexity index is 595. The van der Waals surface area contributed by atoms with Crippen LogP contribution in [0.1, 0.15) is 44.6 Å². The summed E-state index contributed by atoms with van der Waals surface area (Å²) in [5, 5.41) is 7.80. The Morgan fingerprint density at radius 3 is 2.33 bits per heavy atom. The summed E-state index contributed by atoms with van der Waals surface area (Å²) < 4.78 is 7.58. The molecule has 0 radical (unpaired) electrons. The van der Waals surface area contributed by atoms with E-state index < -0.39 is 0 Å². The van der Waals surface area contributed by atoms with E-state index in [4.69, 9.17) is 10.5 Å². The Morgan fingerprint density at radius 1 is 0.926 bits per heavy atom. The average Bonchev–Trinajstić information content (AvgIpc) is 3.18. The summed E-state index contributed by atoms with van der Waals surface area (Å²) in [5.41, 5.74) is 6.33. The molecule has 0 bridgehead atoms. The fourth-order valence-electron chi connectivity index (χ4n) is 4.85. The van der Waals surface area contributed by atoms with E-state index >= 15 is 0 Å². The first-order valence-electron chi connectivity index (χ1n) is 10.4. The van der Waals surface area contributed by atoms with Gasteiger partial charge in [-0.2, -0.15) is 0 Å². The van der Waals surface area contributed by atoms with E-state index in [0.717, 1.165) is 77.9 Å². The van der Waals surface area contributed by atoms with Gasteiger partial charge >= 0.3 is 0 Å². The lowest BCUT2D eigenvalue weighted by atomic mass is 9.97. The fourth-order valence-corrected chi connectivity index (χ4v) is 4.85. The molecule has 1 amide bonds. The van der Waals surface area contributed by atoms with Crippen LogP contribution < -0.4 is 5.73 Å². The molecule has 0 aliphatic carbocycles. The first-order chi connectivity index (χ1) is 13.2. The maximum atomic E-state index is 13.2. The topological polar surface area (TPSA) is 89.5 Å². The molecule has 3 aliphatic heterocycles. The normalized spacial score (nSPS) is 29.6. The summed E-state index contributed by atoms with van der Waals surface area (Å²) in [6.07, 6.45) is 9.45. The van der Waals surface area contributed by atoms with Gasteiger partial charge in [0.05, 0.1) is 5.92 Å². The highest BCUT2D eigenvalue weighted by molar-refractivity contribution is 5.79. The van der Waals surface area contributed by atoms with E-state index in [9.17, 15) is 4.79 Å². The minimum Gasteiger partial charge on any atom is -0.381 e. The zero-order valence-corrected chi connectivity index (χ0v) is 16.1. The molecular weight excluding hydrogens is 344 g/mol. The van der Waals surface area contributed by atoms with Gasteiger partial charge < -0.3 is 19.9 Å². The highest BCUT2D eigenvalue weighted by Crippen LogP contribution is 2.27.